The number of rotatable bonds is 5. The summed E-state index contributed by atoms with van der Waals surface area (Å²) in [6.07, 6.45) is 3.92. The zero-order valence-corrected chi connectivity index (χ0v) is 20.7. The predicted molar refractivity (Wildman–Crippen MR) is 148 cm³/mol. The molecule has 2 atom stereocenters. The van der Waals surface area contributed by atoms with Crippen molar-refractivity contribution in [2.45, 2.75) is 31.8 Å². The molecule has 6 rings (SSSR count). The van der Waals surface area contributed by atoms with E-state index in [-0.39, 0.29) is 18.0 Å². The lowest BCUT2D eigenvalue weighted by Crippen LogP contribution is -2.60. The highest BCUT2D eigenvalue weighted by Crippen LogP contribution is 2.30. The van der Waals surface area contributed by atoms with Crippen LogP contribution < -0.4 is 15.5 Å². The van der Waals surface area contributed by atoms with Crippen LogP contribution in [0.25, 0.3) is 10.9 Å². The van der Waals surface area contributed by atoms with E-state index in [2.05, 4.69) is 73.9 Å². The molecule has 4 aromatic rings. The number of piperazine rings is 1. The number of hydrogen-bond donors (Lipinski definition) is 3. The molecule has 1 amide bonds. The second-order valence-corrected chi connectivity index (χ2v) is 9.93. The minimum absolute atomic E-state index is 0.0589. The SMILES string of the molecule is Cc1ccccc1NC(=O)C(C1CCc2ccccc2N1)N1CCN(c2cccc3[nH]ccc23)CC1. The molecular weight excluding hydrogens is 446 g/mol. The lowest BCUT2D eigenvalue weighted by atomic mass is 9.91. The van der Waals surface area contributed by atoms with Crippen molar-refractivity contribution in [2.75, 3.05) is 41.7 Å². The first-order valence-electron chi connectivity index (χ1n) is 12.9. The Morgan fingerprint density at radius 2 is 1.75 bits per heavy atom. The van der Waals surface area contributed by atoms with Crippen molar-refractivity contribution >= 4 is 33.9 Å². The summed E-state index contributed by atoms with van der Waals surface area (Å²) in [5.41, 5.74) is 6.88. The number of benzene rings is 3. The van der Waals surface area contributed by atoms with Crippen molar-refractivity contribution in [2.24, 2.45) is 0 Å². The highest BCUT2D eigenvalue weighted by Gasteiger charge is 2.37. The molecule has 0 spiro atoms. The molecule has 184 valence electrons. The van der Waals surface area contributed by atoms with Crippen molar-refractivity contribution in [3.05, 3.63) is 90.1 Å². The van der Waals surface area contributed by atoms with Crippen molar-refractivity contribution < 1.29 is 4.79 Å². The number of carbonyl (C=O) groups excluding carboxylic acids is 1. The van der Waals surface area contributed by atoms with E-state index in [1.54, 1.807) is 0 Å². The second kappa shape index (κ2) is 9.70. The number of aromatic nitrogens is 1. The maximum Gasteiger partial charge on any atom is 0.243 e. The summed E-state index contributed by atoms with van der Waals surface area (Å²) in [5.74, 6) is 0.0716. The van der Waals surface area contributed by atoms with E-state index in [9.17, 15) is 4.79 Å². The average molecular weight is 480 g/mol. The van der Waals surface area contributed by atoms with Crippen LogP contribution in [-0.4, -0.2) is 54.1 Å². The van der Waals surface area contributed by atoms with Gasteiger partial charge >= 0.3 is 0 Å². The van der Waals surface area contributed by atoms with Gasteiger partial charge in [0.05, 0.1) is 6.04 Å². The Labute approximate surface area is 212 Å². The molecule has 1 aromatic heterocycles. The number of nitrogens with zero attached hydrogens (tertiary/aromatic N) is 2. The standard InChI is InChI=1S/C30H33N5O/c1-21-7-2-4-9-24(21)33-30(36)29(27-14-13-22-8-3-5-10-25(22)32-27)35-19-17-34(18-20-35)28-12-6-11-26-23(28)15-16-31-26/h2-12,15-16,27,29,31-32H,13-14,17-20H2,1H3,(H,33,36). The minimum Gasteiger partial charge on any atom is -0.380 e. The molecule has 1 fully saturated rings. The van der Waals surface area contributed by atoms with Gasteiger partial charge in [0, 0.05) is 60.3 Å². The molecule has 0 radical (unpaired) electrons. The lowest BCUT2D eigenvalue weighted by molar-refractivity contribution is -0.122. The molecular formula is C30H33N5O. The zero-order valence-electron chi connectivity index (χ0n) is 20.7. The molecule has 3 heterocycles. The minimum atomic E-state index is -0.247. The van der Waals surface area contributed by atoms with Gasteiger partial charge in [-0.1, -0.05) is 42.5 Å². The monoisotopic (exact) mass is 479 g/mol. The molecule has 0 aliphatic carbocycles. The fourth-order valence-corrected chi connectivity index (χ4v) is 5.81. The molecule has 0 bridgehead atoms. The van der Waals surface area contributed by atoms with Crippen molar-refractivity contribution in [1.29, 1.82) is 0 Å². The van der Waals surface area contributed by atoms with Gasteiger partial charge in [0.25, 0.3) is 0 Å². The Kier molecular flexibility index (Phi) is 6.11. The van der Waals surface area contributed by atoms with Crippen LogP contribution in [0, 0.1) is 6.92 Å². The number of fused-ring (bicyclic) bond motifs is 2. The Bertz CT molecular complexity index is 1370. The van der Waals surface area contributed by atoms with Gasteiger partial charge in [0.2, 0.25) is 5.91 Å². The van der Waals surface area contributed by atoms with E-state index >= 15 is 0 Å². The van der Waals surface area contributed by atoms with Crippen LogP contribution in [0.2, 0.25) is 0 Å². The molecule has 3 aromatic carbocycles. The number of anilines is 3. The van der Waals surface area contributed by atoms with Gasteiger partial charge in [-0.05, 0) is 61.2 Å². The Morgan fingerprint density at radius 3 is 2.61 bits per heavy atom. The summed E-state index contributed by atoms with van der Waals surface area (Å²) in [5, 5.41) is 8.23. The number of para-hydroxylation sites is 2. The maximum atomic E-state index is 13.9. The van der Waals surface area contributed by atoms with Crippen LogP contribution in [0.4, 0.5) is 17.1 Å². The average Bonchev–Trinajstić information content (AvgIpc) is 3.40. The molecule has 0 saturated carbocycles. The van der Waals surface area contributed by atoms with Gasteiger partial charge < -0.3 is 20.5 Å². The summed E-state index contributed by atoms with van der Waals surface area (Å²) in [6.45, 7) is 5.50. The predicted octanol–water partition coefficient (Wildman–Crippen LogP) is 5.03. The lowest BCUT2D eigenvalue weighted by Gasteiger charge is -2.43. The third-order valence-electron chi connectivity index (χ3n) is 7.76. The molecule has 36 heavy (non-hydrogen) atoms. The highest BCUT2D eigenvalue weighted by molar-refractivity contribution is 5.96. The third kappa shape index (κ3) is 4.33. The molecule has 6 nitrogen and oxygen atoms in total. The number of amides is 1. The summed E-state index contributed by atoms with van der Waals surface area (Å²) < 4.78 is 0. The number of hydrogen-bond acceptors (Lipinski definition) is 4. The fourth-order valence-electron chi connectivity index (χ4n) is 5.81. The summed E-state index contributed by atoms with van der Waals surface area (Å²) >= 11 is 0. The molecule has 2 aliphatic rings. The highest BCUT2D eigenvalue weighted by atomic mass is 16.2. The number of H-pyrrole nitrogens is 1. The van der Waals surface area contributed by atoms with Crippen molar-refractivity contribution in [3.63, 3.8) is 0 Å². The normalized spacial score (nSPS) is 18.9. The van der Waals surface area contributed by atoms with E-state index < -0.39 is 0 Å². The second-order valence-electron chi connectivity index (χ2n) is 9.93. The van der Waals surface area contributed by atoms with Crippen LogP contribution in [-0.2, 0) is 11.2 Å². The molecule has 2 aliphatic heterocycles. The molecule has 2 unspecified atom stereocenters. The quantitative estimate of drug-likeness (QED) is 0.376. The topological polar surface area (TPSA) is 63.4 Å². The molecule has 3 N–H and O–H groups in total. The Morgan fingerprint density at radius 1 is 0.944 bits per heavy atom. The van der Waals surface area contributed by atoms with E-state index in [0.29, 0.717) is 0 Å². The Hall–Kier alpha value is -3.77. The van der Waals surface area contributed by atoms with Gasteiger partial charge in [-0.15, -0.1) is 0 Å². The Balaban J connectivity index is 1.24. The first-order chi connectivity index (χ1) is 17.7. The van der Waals surface area contributed by atoms with E-state index in [1.807, 2.05) is 37.4 Å². The van der Waals surface area contributed by atoms with Gasteiger partial charge in [-0.25, -0.2) is 0 Å². The molecule has 1 saturated heterocycles. The van der Waals surface area contributed by atoms with E-state index in [0.717, 1.165) is 61.5 Å². The molecule has 6 heteroatoms. The van der Waals surface area contributed by atoms with Crippen LogP contribution in [0.3, 0.4) is 0 Å². The number of carbonyl (C=O) groups is 1. The van der Waals surface area contributed by atoms with Gasteiger partial charge in [-0.3, -0.25) is 9.69 Å². The van der Waals surface area contributed by atoms with E-state index in [4.69, 9.17) is 0 Å². The van der Waals surface area contributed by atoms with Crippen LogP contribution in [0.1, 0.15) is 17.5 Å². The largest absolute Gasteiger partial charge is 0.380 e. The smallest absolute Gasteiger partial charge is 0.243 e. The first-order valence-corrected chi connectivity index (χ1v) is 12.9. The summed E-state index contributed by atoms with van der Waals surface area (Å²) in [7, 11) is 0. The summed E-state index contributed by atoms with van der Waals surface area (Å²) in [4.78, 5) is 22.0. The number of aromatic amines is 1. The zero-order chi connectivity index (χ0) is 24.5. The fraction of sp³-hybridized carbons (Fsp3) is 0.300. The van der Waals surface area contributed by atoms with Gasteiger partial charge in [-0.2, -0.15) is 0 Å². The van der Waals surface area contributed by atoms with Crippen LogP contribution in [0.15, 0.2) is 79.0 Å². The van der Waals surface area contributed by atoms with Crippen LogP contribution >= 0.6 is 0 Å². The van der Waals surface area contributed by atoms with Crippen molar-refractivity contribution in [3.8, 4) is 0 Å². The third-order valence-corrected chi connectivity index (χ3v) is 7.76. The maximum absolute atomic E-state index is 13.9. The first kappa shape index (κ1) is 22.7. The summed E-state index contributed by atoms with van der Waals surface area (Å²) in [6, 6.07) is 24.9. The van der Waals surface area contributed by atoms with Crippen molar-refractivity contribution in [1.82, 2.24) is 9.88 Å². The van der Waals surface area contributed by atoms with E-state index in [1.165, 1.54) is 16.6 Å². The van der Waals surface area contributed by atoms with Crippen LogP contribution in [0.5, 0.6) is 0 Å². The van der Waals surface area contributed by atoms with Gasteiger partial charge in [0.15, 0.2) is 0 Å². The number of aryl methyl sites for hydroxylation is 2. The van der Waals surface area contributed by atoms with Gasteiger partial charge in [0.1, 0.15) is 6.04 Å². The number of nitrogens with one attached hydrogen (secondary N) is 3.